The molecule has 0 saturated carbocycles. The summed E-state index contributed by atoms with van der Waals surface area (Å²) in [6.45, 7) is 2.16. The Morgan fingerprint density at radius 3 is 2.75 bits per heavy atom. The number of aromatic nitrogens is 3. The minimum atomic E-state index is -0.474. The van der Waals surface area contributed by atoms with E-state index in [9.17, 15) is 9.59 Å². The topological polar surface area (TPSA) is 106 Å². The van der Waals surface area contributed by atoms with Crippen molar-refractivity contribution < 1.29 is 9.59 Å². The Morgan fingerprint density at radius 1 is 1.40 bits per heavy atom. The van der Waals surface area contributed by atoms with E-state index >= 15 is 0 Å². The van der Waals surface area contributed by atoms with Crippen LogP contribution in [-0.2, 0) is 16.1 Å². The van der Waals surface area contributed by atoms with E-state index in [0.29, 0.717) is 13.0 Å². The largest absolute Gasteiger partial charge is 0.368 e. The molecule has 1 aromatic heterocycles. The maximum absolute atomic E-state index is 12.3. The van der Waals surface area contributed by atoms with Crippen LogP contribution in [0.3, 0.4) is 0 Å². The van der Waals surface area contributed by atoms with Gasteiger partial charge in [-0.2, -0.15) is 5.10 Å². The molecule has 0 aliphatic carbocycles. The third-order valence-corrected chi connectivity index (χ3v) is 3.42. The second-order valence-electron chi connectivity index (χ2n) is 4.88. The van der Waals surface area contributed by atoms with Gasteiger partial charge in [0.2, 0.25) is 11.8 Å². The molecule has 110 valence electrons. The average Bonchev–Trinajstić information content (AvgIpc) is 2.96. The second kappa shape index (κ2) is 6.99. The first-order valence-electron chi connectivity index (χ1n) is 6.77. The maximum Gasteiger partial charge on any atom is 0.237 e. The van der Waals surface area contributed by atoms with Gasteiger partial charge < -0.3 is 16.0 Å². The van der Waals surface area contributed by atoms with Crippen molar-refractivity contribution in [3.63, 3.8) is 0 Å². The fraction of sp³-hybridized carbons (Fsp3) is 0.667. The number of primary amides is 1. The molecule has 2 rings (SSSR count). The van der Waals surface area contributed by atoms with Gasteiger partial charge in [-0.15, -0.1) is 0 Å². The van der Waals surface area contributed by atoms with Crippen molar-refractivity contribution in [2.75, 3.05) is 19.6 Å². The zero-order valence-electron chi connectivity index (χ0n) is 11.4. The van der Waals surface area contributed by atoms with Crippen molar-refractivity contribution >= 4 is 11.8 Å². The van der Waals surface area contributed by atoms with Gasteiger partial charge >= 0.3 is 0 Å². The van der Waals surface area contributed by atoms with Gasteiger partial charge in [-0.25, -0.2) is 4.98 Å². The summed E-state index contributed by atoms with van der Waals surface area (Å²) in [5, 5.41) is 7.19. The summed E-state index contributed by atoms with van der Waals surface area (Å²) in [7, 11) is 0. The third-order valence-electron chi connectivity index (χ3n) is 3.42. The van der Waals surface area contributed by atoms with E-state index in [2.05, 4.69) is 15.4 Å². The van der Waals surface area contributed by atoms with Crippen LogP contribution in [0.5, 0.6) is 0 Å². The summed E-state index contributed by atoms with van der Waals surface area (Å²) in [5.74, 6) is -0.538. The summed E-state index contributed by atoms with van der Waals surface area (Å²) >= 11 is 0. The smallest absolute Gasteiger partial charge is 0.237 e. The number of carbonyl (C=O) groups excluding carboxylic acids is 2. The Labute approximate surface area is 117 Å². The predicted molar refractivity (Wildman–Crippen MR) is 71.4 cm³/mol. The Bertz CT molecular complexity index is 441. The molecule has 0 radical (unpaired) electrons. The summed E-state index contributed by atoms with van der Waals surface area (Å²) in [6, 6.07) is 0.0898. The van der Waals surface area contributed by atoms with Gasteiger partial charge in [-0.05, 0) is 25.9 Å². The maximum atomic E-state index is 12.3. The molecule has 8 nitrogen and oxygen atoms in total. The Kier molecular flexibility index (Phi) is 5.05. The zero-order valence-corrected chi connectivity index (χ0v) is 11.4. The number of carbonyl (C=O) groups is 2. The van der Waals surface area contributed by atoms with Crippen LogP contribution in [-0.4, -0.2) is 57.2 Å². The lowest BCUT2D eigenvalue weighted by Crippen LogP contribution is -2.49. The van der Waals surface area contributed by atoms with E-state index in [1.165, 1.54) is 6.33 Å². The first-order chi connectivity index (χ1) is 9.66. The van der Waals surface area contributed by atoms with Crippen LogP contribution in [0.2, 0.25) is 0 Å². The fourth-order valence-corrected chi connectivity index (χ4v) is 2.41. The Morgan fingerprint density at radius 2 is 2.15 bits per heavy atom. The Balaban J connectivity index is 1.93. The third kappa shape index (κ3) is 4.02. The van der Waals surface area contributed by atoms with Gasteiger partial charge in [0.25, 0.3) is 0 Å². The lowest BCUT2D eigenvalue weighted by atomic mass is 10.0. The molecule has 0 unspecified atom stereocenters. The molecular weight excluding hydrogens is 260 g/mol. The van der Waals surface area contributed by atoms with E-state index in [-0.39, 0.29) is 18.5 Å². The molecule has 2 heterocycles. The van der Waals surface area contributed by atoms with Crippen molar-refractivity contribution in [2.45, 2.75) is 31.8 Å². The number of aryl methyl sites for hydroxylation is 1. The molecule has 1 fully saturated rings. The average molecular weight is 280 g/mol. The highest BCUT2D eigenvalue weighted by Gasteiger charge is 2.26. The second-order valence-corrected chi connectivity index (χ2v) is 4.88. The minimum Gasteiger partial charge on any atom is -0.368 e. The number of hydrogen-bond donors (Lipinski definition) is 2. The molecule has 1 saturated heterocycles. The molecule has 0 aromatic carbocycles. The number of nitrogens with zero attached hydrogens (tertiary/aromatic N) is 4. The quantitative estimate of drug-likeness (QED) is 0.676. The molecule has 0 spiro atoms. The number of nitrogens with two attached hydrogens (primary N) is 1. The first-order valence-corrected chi connectivity index (χ1v) is 6.77. The van der Waals surface area contributed by atoms with Gasteiger partial charge in [0.15, 0.2) is 0 Å². The Hall–Kier alpha value is -1.96. The highest BCUT2D eigenvalue weighted by molar-refractivity contribution is 5.84. The van der Waals surface area contributed by atoms with E-state index in [0.717, 1.165) is 25.9 Å². The van der Waals surface area contributed by atoms with Crippen molar-refractivity contribution in [1.82, 2.24) is 25.0 Å². The highest BCUT2D eigenvalue weighted by atomic mass is 16.2. The lowest BCUT2D eigenvalue weighted by molar-refractivity contribution is -0.138. The van der Waals surface area contributed by atoms with Crippen LogP contribution in [0.25, 0.3) is 0 Å². The van der Waals surface area contributed by atoms with E-state index in [1.54, 1.807) is 15.9 Å². The van der Waals surface area contributed by atoms with Crippen LogP contribution in [0.15, 0.2) is 12.7 Å². The summed E-state index contributed by atoms with van der Waals surface area (Å²) in [6.07, 6.45) is 4.99. The van der Waals surface area contributed by atoms with Gasteiger partial charge in [-0.3, -0.25) is 14.3 Å². The van der Waals surface area contributed by atoms with E-state index in [4.69, 9.17) is 5.73 Å². The first kappa shape index (κ1) is 14.4. The van der Waals surface area contributed by atoms with Crippen LogP contribution in [0.4, 0.5) is 0 Å². The number of amides is 2. The van der Waals surface area contributed by atoms with Gasteiger partial charge in [0, 0.05) is 12.5 Å². The zero-order chi connectivity index (χ0) is 14.4. The van der Waals surface area contributed by atoms with Gasteiger partial charge in [0.1, 0.15) is 12.7 Å². The normalized spacial score (nSPS) is 16.0. The molecule has 1 aliphatic heterocycles. The number of piperidine rings is 1. The van der Waals surface area contributed by atoms with Crippen molar-refractivity contribution in [1.29, 1.82) is 0 Å². The van der Waals surface area contributed by atoms with Crippen LogP contribution in [0, 0.1) is 0 Å². The molecule has 0 bridgehead atoms. The van der Waals surface area contributed by atoms with E-state index in [1.807, 2.05) is 0 Å². The SMILES string of the molecule is NC(=O)CN(C(=O)CCn1cncn1)C1CCNCC1. The summed E-state index contributed by atoms with van der Waals surface area (Å²) < 4.78 is 1.60. The number of nitrogens with one attached hydrogen (secondary N) is 1. The fourth-order valence-electron chi connectivity index (χ4n) is 2.41. The number of rotatable bonds is 6. The van der Waals surface area contributed by atoms with Gasteiger partial charge in [0.05, 0.1) is 13.1 Å². The molecule has 3 N–H and O–H groups in total. The van der Waals surface area contributed by atoms with Crippen LogP contribution >= 0.6 is 0 Å². The number of hydrogen-bond acceptors (Lipinski definition) is 5. The molecule has 0 atom stereocenters. The van der Waals surface area contributed by atoms with Crippen molar-refractivity contribution in [2.24, 2.45) is 5.73 Å². The van der Waals surface area contributed by atoms with Crippen LogP contribution < -0.4 is 11.1 Å². The minimum absolute atomic E-state index is 0.0130. The van der Waals surface area contributed by atoms with Crippen LogP contribution in [0.1, 0.15) is 19.3 Å². The molecule has 1 aliphatic rings. The highest BCUT2D eigenvalue weighted by Crippen LogP contribution is 2.13. The van der Waals surface area contributed by atoms with E-state index < -0.39 is 5.91 Å². The molecule has 20 heavy (non-hydrogen) atoms. The summed E-state index contributed by atoms with van der Waals surface area (Å²) in [4.78, 5) is 28.9. The van der Waals surface area contributed by atoms with Crippen molar-refractivity contribution in [3.8, 4) is 0 Å². The standard InChI is InChI=1S/C12H20N6O2/c13-11(19)7-18(10-1-4-14-5-2-10)12(20)3-6-17-9-15-8-16-17/h8-10,14H,1-7H2,(H2,13,19). The predicted octanol–water partition coefficient (Wildman–Crippen LogP) is -1.27. The molecule has 1 aromatic rings. The van der Waals surface area contributed by atoms with Crippen molar-refractivity contribution in [3.05, 3.63) is 12.7 Å². The summed E-state index contributed by atoms with van der Waals surface area (Å²) in [5.41, 5.74) is 5.25. The monoisotopic (exact) mass is 280 g/mol. The lowest BCUT2D eigenvalue weighted by Gasteiger charge is -2.34. The molecule has 2 amide bonds. The van der Waals surface area contributed by atoms with Gasteiger partial charge in [-0.1, -0.05) is 0 Å². The molecular formula is C12H20N6O2. The molecule has 8 heteroatoms.